The highest BCUT2D eigenvalue weighted by Crippen LogP contribution is 2.61. The average molecular weight is 1750 g/mol. The number of anilines is 9. The Kier molecular flexibility index (Phi) is 30.5. The molecule has 2 heterocycles. The van der Waals surface area contributed by atoms with E-state index in [1.165, 1.54) is 279 Å². The molecule has 9 aliphatic rings. The first-order chi connectivity index (χ1) is 63.9. The Labute approximate surface area is 795 Å². The van der Waals surface area contributed by atoms with Crippen LogP contribution in [-0.4, -0.2) is 25.7 Å². The van der Waals surface area contributed by atoms with Gasteiger partial charge in [-0.15, -0.1) is 0 Å². The summed E-state index contributed by atoms with van der Waals surface area (Å²) in [6.45, 7) is 30.7. The van der Waals surface area contributed by atoms with E-state index in [9.17, 15) is 0 Å². The van der Waals surface area contributed by atoms with Gasteiger partial charge in [-0.2, -0.15) is 0 Å². The molecule has 23 rings (SSSR count). The van der Waals surface area contributed by atoms with E-state index in [4.69, 9.17) is 0 Å². The fraction of sp³-hybridized carbons (Fsp3) is 0.386. The smallest absolute Gasteiger partial charge is 0.0699 e. The predicted molar refractivity (Wildman–Crippen MR) is 571 cm³/mol. The molecule has 0 N–H and O–H groups in total. The highest BCUT2D eigenvalue weighted by Gasteiger charge is 2.52. The first kappa shape index (κ1) is 94.1. The molecular weight excluding hydrogens is 1600 g/mol. The van der Waals surface area contributed by atoms with Gasteiger partial charge in [0.1, 0.15) is 0 Å². The summed E-state index contributed by atoms with van der Waals surface area (Å²) >= 11 is 0. The zero-order valence-electron chi connectivity index (χ0n) is 83.1. The molecule has 5 heteroatoms. The van der Waals surface area contributed by atoms with Gasteiger partial charge in [-0.25, -0.2) is 0 Å². The van der Waals surface area contributed by atoms with Crippen LogP contribution in [0.25, 0.3) is 27.5 Å². The Balaban J connectivity index is 0.000000113. The van der Waals surface area contributed by atoms with E-state index >= 15 is 0 Å². The minimum absolute atomic E-state index is 0.577. The first-order valence-electron chi connectivity index (χ1n) is 50.7. The molecule has 684 valence electrons. The van der Waals surface area contributed by atoms with E-state index in [-0.39, 0.29) is 0 Å². The molecular formula is C127H151N5. The molecule has 132 heavy (non-hydrogen) atoms. The zero-order chi connectivity index (χ0) is 92.3. The van der Waals surface area contributed by atoms with Crippen molar-refractivity contribution in [3.8, 4) is 5.69 Å². The Bertz CT molecular complexity index is 6030. The van der Waals surface area contributed by atoms with Crippen molar-refractivity contribution in [1.29, 1.82) is 0 Å². The molecule has 13 aromatic carbocycles. The van der Waals surface area contributed by atoms with Crippen LogP contribution in [0, 0.1) is 138 Å². The van der Waals surface area contributed by atoms with Crippen molar-refractivity contribution in [3.05, 3.63) is 380 Å². The van der Waals surface area contributed by atoms with Gasteiger partial charge in [-0.1, -0.05) is 234 Å². The number of aromatic nitrogens is 1. The maximum Gasteiger partial charge on any atom is 0.0699 e. The van der Waals surface area contributed by atoms with Crippen LogP contribution in [0.5, 0.6) is 0 Å². The van der Waals surface area contributed by atoms with Crippen LogP contribution in [0.3, 0.4) is 0 Å². The SMILES string of the molecule is Cc1ccc(-n2c3ccccc3c3ccccc32)cc1C.Cc1ccc(C23CC4CC(CC(C4)C2)C3)cc1C.Cc1ccc(C2CCC(C3CCCCC3)CC2)cc1C.Cc1ccc(C2CCC3CCCCC3C2)cc1C.Cc1ccc(N(C)C)cc1C.Cc1ccc(N(c2ccccc2)c2ccccc2)cc1C.Cc1ccc(N2c3ccccc3N(C)c3ccccc32)cc1C. The number of aryl methyl sites for hydroxylation is 14. The Morgan fingerprint density at radius 3 is 1.09 bits per heavy atom. The number of fused-ring (bicyclic) bond motifs is 6. The summed E-state index contributed by atoms with van der Waals surface area (Å²) in [5, 5.41) is 2.62. The molecule has 14 aromatic rings. The topological polar surface area (TPSA) is 17.9 Å². The first-order valence-corrected chi connectivity index (χ1v) is 50.7. The summed E-state index contributed by atoms with van der Waals surface area (Å²) in [7, 11) is 6.25. The van der Waals surface area contributed by atoms with Crippen molar-refractivity contribution in [2.75, 3.05) is 40.7 Å². The van der Waals surface area contributed by atoms with Gasteiger partial charge in [-0.05, 0) is 443 Å². The van der Waals surface area contributed by atoms with Crippen LogP contribution in [0.4, 0.5) is 51.2 Å². The van der Waals surface area contributed by atoms with Gasteiger partial charge in [0.05, 0.1) is 33.8 Å². The number of nitrogens with zero attached hydrogens (tertiary/aromatic N) is 5. The second kappa shape index (κ2) is 42.8. The number of hydrogen-bond acceptors (Lipinski definition) is 4. The molecule has 1 aromatic heterocycles. The summed E-state index contributed by atoms with van der Waals surface area (Å²) in [6, 6.07) is 103. The second-order valence-electron chi connectivity index (χ2n) is 41.7. The molecule has 8 fully saturated rings. The van der Waals surface area contributed by atoms with Crippen molar-refractivity contribution < 1.29 is 0 Å². The largest absolute Gasteiger partial charge is 0.378 e. The minimum Gasteiger partial charge on any atom is -0.378 e. The van der Waals surface area contributed by atoms with E-state index in [1.807, 2.05) is 12.1 Å². The van der Waals surface area contributed by atoms with Gasteiger partial charge >= 0.3 is 0 Å². The van der Waals surface area contributed by atoms with Gasteiger partial charge in [0.2, 0.25) is 0 Å². The molecule has 0 amide bonds. The summed E-state index contributed by atoms with van der Waals surface area (Å²) in [4.78, 5) is 9.03. The lowest BCUT2D eigenvalue weighted by Gasteiger charge is -2.57. The van der Waals surface area contributed by atoms with Crippen molar-refractivity contribution in [3.63, 3.8) is 0 Å². The fourth-order valence-electron chi connectivity index (χ4n) is 24.1. The van der Waals surface area contributed by atoms with Crippen LogP contribution in [0.2, 0.25) is 0 Å². The van der Waals surface area contributed by atoms with Crippen molar-refractivity contribution in [2.24, 2.45) is 41.4 Å². The molecule has 0 radical (unpaired) electrons. The highest BCUT2D eigenvalue weighted by molar-refractivity contribution is 6.09. The van der Waals surface area contributed by atoms with Crippen LogP contribution in [-0.2, 0) is 5.41 Å². The molecule has 8 saturated carbocycles. The van der Waals surface area contributed by atoms with Crippen LogP contribution < -0.4 is 19.6 Å². The number of benzene rings is 13. The van der Waals surface area contributed by atoms with E-state index in [0.29, 0.717) is 5.41 Å². The van der Waals surface area contributed by atoms with Crippen molar-refractivity contribution in [1.82, 2.24) is 4.57 Å². The molecule has 8 aliphatic carbocycles. The summed E-state index contributed by atoms with van der Waals surface area (Å²) in [5.74, 6) is 9.09. The quantitative estimate of drug-likeness (QED) is 0.136. The third-order valence-electron chi connectivity index (χ3n) is 32.6. The van der Waals surface area contributed by atoms with Crippen LogP contribution in [0.15, 0.2) is 285 Å². The lowest BCUT2D eigenvalue weighted by atomic mass is 9.48. The Morgan fingerprint density at radius 1 is 0.265 bits per heavy atom. The second-order valence-corrected chi connectivity index (χ2v) is 41.7. The maximum atomic E-state index is 2.50. The molecule has 3 unspecified atom stereocenters. The monoisotopic (exact) mass is 1750 g/mol. The fourth-order valence-corrected chi connectivity index (χ4v) is 24.1. The predicted octanol–water partition coefficient (Wildman–Crippen LogP) is 35.7. The van der Waals surface area contributed by atoms with Gasteiger partial charge in [0.15, 0.2) is 0 Å². The van der Waals surface area contributed by atoms with Crippen molar-refractivity contribution in [2.45, 2.75) is 255 Å². The Hall–Kier alpha value is -11.1. The summed E-state index contributed by atoms with van der Waals surface area (Å²) < 4.78 is 2.36. The lowest BCUT2D eigenvalue weighted by molar-refractivity contribution is -0.00521. The normalized spacial score (nSPS) is 20.8. The van der Waals surface area contributed by atoms with Crippen LogP contribution in [0.1, 0.15) is 248 Å². The number of rotatable bonds is 10. The van der Waals surface area contributed by atoms with Gasteiger partial charge in [-0.3, -0.25) is 0 Å². The molecule has 5 nitrogen and oxygen atoms in total. The number of para-hydroxylation sites is 8. The third-order valence-corrected chi connectivity index (χ3v) is 32.6. The lowest BCUT2D eigenvalue weighted by Crippen LogP contribution is -2.48. The molecule has 1 aliphatic heterocycles. The van der Waals surface area contributed by atoms with E-state index in [2.05, 4.69) is 415 Å². The summed E-state index contributed by atoms with van der Waals surface area (Å²) in [5.41, 5.74) is 39.5. The standard InChI is InChI=1S/C21H20N2.C20H17N.C20H19N.C20H30.C18H24.C18H26.C10H15N/c1-15-12-13-17(14-16(15)2)23-20-10-6-4-8-18(20)22(3)19-9-5-7-11-21(19)23;1-14-11-12-16(13-15(14)2)21-19-9-5-3-7-17(19)18-8-4-6-10-20(18)21;1-16-13-14-20(15-17(16)2)21(18-9-5-3-6-10-18)19-11-7-4-8-12-19;1-15-8-9-20(14-16(15)2)19-12-10-18(11-13-19)17-6-4-3-5-7-17;1-12-3-4-17(5-13(12)2)18-9-14-6-15(10-18)8-16(7-14)11-18;1-13-7-8-17(11-14(13)2)18-10-9-15-5-3-4-6-16(15)12-18;1-8-5-6-10(11(3)4)7-9(8)2/h4-14H,1-3H3;3-13H,1-2H3;3-15H,1-2H3;8-9,14,17-19H,3-7,10-13H2,1-2H3;3-5,14-16H,6-11H2,1-2H3;7-8,11,15-16,18H,3-6,9-10,12H2,1-2H3;5-7H,1-4H3. The van der Waals surface area contributed by atoms with Gasteiger partial charge in [0, 0.05) is 66.0 Å². The third kappa shape index (κ3) is 21.9. The van der Waals surface area contributed by atoms with Gasteiger partial charge < -0.3 is 24.2 Å². The van der Waals surface area contributed by atoms with Crippen molar-refractivity contribution >= 4 is 73.0 Å². The summed E-state index contributed by atoms with van der Waals surface area (Å²) in [6.07, 6.45) is 32.9. The molecule has 4 bridgehead atoms. The zero-order valence-corrected chi connectivity index (χ0v) is 83.1. The maximum absolute atomic E-state index is 2.50. The van der Waals surface area contributed by atoms with E-state index < -0.39 is 0 Å². The highest BCUT2D eigenvalue weighted by atomic mass is 15.3. The minimum atomic E-state index is 0.577. The van der Waals surface area contributed by atoms with E-state index in [1.54, 1.807) is 36.0 Å². The number of hydrogen-bond donors (Lipinski definition) is 0. The Morgan fingerprint density at radius 2 is 0.621 bits per heavy atom. The van der Waals surface area contributed by atoms with E-state index in [0.717, 1.165) is 53.3 Å². The molecule has 0 saturated heterocycles. The van der Waals surface area contributed by atoms with Crippen LogP contribution >= 0.6 is 0 Å². The molecule has 3 atom stereocenters. The molecule has 0 spiro atoms. The average Bonchev–Trinajstić information content (AvgIpc) is 0.937. The van der Waals surface area contributed by atoms with Gasteiger partial charge in [0.25, 0.3) is 0 Å².